The summed E-state index contributed by atoms with van der Waals surface area (Å²) in [6, 6.07) is 5.10. The summed E-state index contributed by atoms with van der Waals surface area (Å²) in [4.78, 5) is 50.4. The molecule has 11 heteroatoms. The summed E-state index contributed by atoms with van der Waals surface area (Å²) in [7, 11) is 0. The summed E-state index contributed by atoms with van der Waals surface area (Å²) in [6.45, 7) is -1.64. The molecule has 1 heterocycles. The second-order valence-electron chi connectivity index (χ2n) is 7.67. The summed E-state index contributed by atoms with van der Waals surface area (Å²) in [5.41, 5.74) is -0.973. The van der Waals surface area contributed by atoms with Crippen molar-refractivity contribution in [1.29, 1.82) is 0 Å². The third-order valence-electron chi connectivity index (χ3n) is 5.41. The molecule has 3 N–H and O–H groups in total. The minimum Gasteiger partial charge on any atom is -0.343 e. The van der Waals surface area contributed by atoms with Crippen LogP contribution in [0.2, 0.25) is 0 Å². The quantitative estimate of drug-likeness (QED) is 0.591. The van der Waals surface area contributed by atoms with Gasteiger partial charge in [-0.25, -0.2) is 4.79 Å². The molecule has 1 saturated carbocycles. The minimum absolute atomic E-state index is 0.0353. The molecule has 2 fully saturated rings. The van der Waals surface area contributed by atoms with E-state index in [1.54, 1.807) is 5.32 Å². The molecule has 0 atom stereocenters. The second kappa shape index (κ2) is 8.94. The van der Waals surface area contributed by atoms with Crippen LogP contribution < -0.4 is 16.0 Å². The van der Waals surface area contributed by atoms with Crippen molar-refractivity contribution < 1.29 is 32.3 Å². The molecule has 3 rings (SSSR count). The van der Waals surface area contributed by atoms with E-state index in [1.165, 1.54) is 24.3 Å². The molecule has 5 amide bonds. The van der Waals surface area contributed by atoms with E-state index in [1.807, 2.05) is 0 Å². The molecule has 1 aliphatic heterocycles. The Kier molecular flexibility index (Phi) is 6.51. The van der Waals surface area contributed by atoms with Crippen molar-refractivity contribution in [2.75, 3.05) is 18.4 Å². The lowest BCUT2D eigenvalue weighted by molar-refractivity contribution is -0.132. The van der Waals surface area contributed by atoms with Crippen molar-refractivity contribution in [3.8, 4) is 0 Å². The average Bonchev–Trinajstić information content (AvgIpc) is 2.94. The number of nitrogens with one attached hydrogen (secondary N) is 3. The van der Waals surface area contributed by atoms with Gasteiger partial charge in [0, 0.05) is 13.0 Å². The Morgan fingerprint density at radius 1 is 1.10 bits per heavy atom. The molecular weight excluding hydrogens is 417 g/mol. The number of carbonyl (C=O) groups is 4. The number of hydrogen-bond acceptors (Lipinski definition) is 4. The predicted octanol–water partition coefficient (Wildman–Crippen LogP) is 2.56. The number of hydrogen-bond donors (Lipinski definition) is 3. The van der Waals surface area contributed by atoms with E-state index in [4.69, 9.17) is 0 Å². The van der Waals surface area contributed by atoms with Crippen LogP contribution in [0, 0.1) is 0 Å². The monoisotopic (exact) mass is 440 g/mol. The molecular formula is C20H23F3N4O4. The number of imide groups is 1. The Hall–Kier alpha value is -3.11. The van der Waals surface area contributed by atoms with Gasteiger partial charge < -0.3 is 16.0 Å². The van der Waals surface area contributed by atoms with Crippen LogP contribution in [0.5, 0.6) is 0 Å². The van der Waals surface area contributed by atoms with Crippen LogP contribution in [0.3, 0.4) is 0 Å². The number of nitrogens with zero attached hydrogens (tertiary/aromatic N) is 1. The van der Waals surface area contributed by atoms with E-state index < -0.39 is 36.1 Å². The molecule has 0 radical (unpaired) electrons. The Morgan fingerprint density at radius 3 is 2.45 bits per heavy atom. The zero-order chi connectivity index (χ0) is 22.6. The Balaban J connectivity index is 1.59. The maximum atomic E-state index is 12.7. The maximum Gasteiger partial charge on any atom is 0.405 e. The standard InChI is InChI=1S/C20H23F3N4O4/c21-20(22,23)12-24-16(29)13-6-2-3-7-14(13)25-15(28)8-11-27-17(30)19(26-18(27)31)9-4-1-5-10-19/h2-3,6-7H,1,4-5,8-12H2,(H,24,29)(H,25,28)(H,26,31). The number of halogens is 3. The van der Waals surface area contributed by atoms with Crippen molar-refractivity contribution in [3.63, 3.8) is 0 Å². The van der Waals surface area contributed by atoms with Crippen molar-refractivity contribution in [1.82, 2.24) is 15.5 Å². The lowest BCUT2D eigenvalue weighted by Crippen LogP contribution is -2.48. The van der Waals surface area contributed by atoms with E-state index in [9.17, 15) is 32.3 Å². The van der Waals surface area contributed by atoms with Crippen LogP contribution >= 0.6 is 0 Å². The number of para-hydroxylation sites is 1. The third kappa shape index (κ3) is 5.33. The lowest BCUT2D eigenvalue weighted by Gasteiger charge is -2.30. The molecule has 8 nitrogen and oxygen atoms in total. The Labute approximate surface area is 176 Å². The fourth-order valence-electron chi connectivity index (χ4n) is 3.87. The van der Waals surface area contributed by atoms with Gasteiger partial charge in [-0.15, -0.1) is 0 Å². The molecule has 0 aromatic heterocycles. The van der Waals surface area contributed by atoms with E-state index in [0.29, 0.717) is 12.8 Å². The van der Waals surface area contributed by atoms with Gasteiger partial charge in [0.05, 0.1) is 11.3 Å². The zero-order valence-electron chi connectivity index (χ0n) is 16.7. The van der Waals surface area contributed by atoms with Crippen LogP contribution in [-0.4, -0.2) is 53.5 Å². The van der Waals surface area contributed by atoms with Gasteiger partial charge in [0.15, 0.2) is 0 Å². The Morgan fingerprint density at radius 2 is 1.77 bits per heavy atom. The smallest absolute Gasteiger partial charge is 0.343 e. The van der Waals surface area contributed by atoms with Crippen LogP contribution in [0.25, 0.3) is 0 Å². The summed E-state index contributed by atoms with van der Waals surface area (Å²) in [5.74, 6) is -1.90. The van der Waals surface area contributed by atoms with Gasteiger partial charge in [0.2, 0.25) is 5.91 Å². The van der Waals surface area contributed by atoms with Crippen molar-refractivity contribution >= 4 is 29.4 Å². The average molecular weight is 440 g/mol. The zero-order valence-corrected chi connectivity index (χ0v) is 16.7. The predicted molar refractivity (Wildman–Crippen MR) is 104 cm³/mol. The van der Waals surface area contributed by atoms with Gasteiger partial charge in [-0.2, -0.15) is 13.2 Å². The fraction of sp³-hybridized carbons (Fsp3) is 0.500. The van der Waals surface area contributed by atoms with Gasteiger partial charge in [-0.1, -0.05) is 31.4 Å². The molecule has 0 bridgehead atoms. The van der Waals surface area contributed by atoms with Crippen LogP contribution in [0.4, 0.5) is 23.7 Å². The summed E-state index contributed by atoms with van der Waals surface area (Å²) in [6.07, 6.45) is -0.953. The molecule has 2 aliphatic rings. The molecule has 1 saturated heterocycles. The summed E-state index contributed by atoms with van der Waals surface area (Å²) >= 11 is 0. The SMILES string of the molecule is O=C(CCN1C(=O)NC2(CCCCC2)C1=O)Nc1ccccc1C(=O)NCC(F)(F)F. The Bertz CT molecular complexity index is 881. The number of alkyl halides is 3. The number of rotatable bonds is 6. The number of carbonyl (C=O) groups excluding carboxylic acids is 4. The molecule has 1 aromatic carbocycles. The van der Waals surface area contributed by atoms with Crippen molar-refractivity contribution in [2.45, 2.75) is 50.2 Å². The van der Waals surface area contributed by atoms with Gasteiger partial charge in [0.1, 0.15) is 12.1 Å². The molecule has 1 aliphatic carbocycles. The molecule has 1 aromatic rings. The van der Waals surface area contributed by atoms with E-state index >= 15 is 0 Å². The normalized spacial score (nSPS) is 18.1. The van der Waals surface area contributed by atoms with Gasteiger partial charge in [0.25, 0.3) is 11.8 Å². The summed E-state index contributed by atoms with van der Waals surface area (Å²) in [5, 5.41) is 6.97. The lowest BCUT2D eigenvalue weighted by atomic mass is 9.82. The number of urea groups is 1. The highest BCUT2D eigenvalue weighted by atomic mass is 19.4. The molecule has 31 heavy (non-hydrogen) atoms. The van der Waals surface area contributed by atoms with Gasteiger partial charge in [-0.3, -0.25) is 19.3 Å². The first-order chi connectivity index (χ1) is 14.6. The maximum absolute atomic E-state index is 12.7. The van der Waals surface area contributed by atoms with E-state index in [2.05, 4.69) is 10.6 Å². The topological polar surface area (TPSA) is 108 Å². The number of benzene rings is 1. The fourth-order valence-corrected chi connectivity index (χ4v) is 3.87. The number of amides is 5. The minimum atomic E-state index is -4.56. The van der Waals surface area contributed by atoms with E-state index in [-0.39, 0.29) is 30.1 Å². The third-order valence-corrected chi connectivity index (χ3v) is 5.41. The van der Waals surface area contributed by atoms with Crippen molar-refractivity contribution in [2.24, 2.45) is 0 Å². The molecule has 168 valence electrons. The number of anilines is 1. The second-order valence-corrected chi connectivity index (χ2v) is 7.67. The van der Waals surface area contributed by atoms with Crippen LogP contribution in [0.1, 0.15) is 48.9 Å². The first-order valence-corrected chi connectivity index (χ1v) is 9.99. The van der Waals surface area contributed by atoms with Crippen LogP contribution in [0.15, 0.2) is 24.3 Å². The summed E-state index contributed by atoms with van der Waals surface area (Å²) < 4.78 is 37.0. The van der Waals surface area contributed by atoms with Crippen molar-refractivity contribution in [3.05, 3.63) is 29.8 Å². The van der Waals surface area contributed by atoms with E-state index in [0.717, 1.165) is 24.2 Å². The first-order valence-electron chi connectivity index (χ1n) is 9.99. The van der Waals surface area contributed by atoms with Gasteiger partial charge in [-0.05, 0) is 25.0 Å². The highest BCUT2D eigenvalue weighted by Crippen LogP contribution is 2.33. The highest BCUT2D eigenvalue weighted by molar-refractivity contribution is 6.08. The highest BCUT2D eigenvalue weighted by Gasteiger charge is 2.51. The first kappa shape index (κ1) is 22.6. The molecule has 1 spiro atoms. The largest absolute Gasteiger partial charge is 0.405 e. The molecule has 0 unspecified atom stereocenters. The van der Waals surface area contributed by atoms with Gasteiger partial charge >= 0.3 is 12.2 Å². The van der Waals surface area contributed by atoms with Crippen LogP contribution in [-0.2, 0) is 9.59 Å².